The number of hydrogen-bond donors (Lipinski definition) is 2. The Morgan fingerprint density at radius 1 is 1.30 bits per heavy atom. The monoisotopic (exact) mass is 322 g/mol. The average molecular weight is 323 g/mol. The predicted octanol–water partition coefficient (Wildman–Crippen LogP) is 2.60. The lowest BCUT2D eigenvalue weighted by Crippen LogP contribution is -2.45. The van der Waals surface area contributed by atoms with E-state index < -0.39 is 0 Å². The van der Waals surface area contributed by atoms with E-state index in [1.807, 2.05) is 12.1 Å². The van der Waals surface area contributed by atoms with Crippen molar-refractivity contribution in [2.24, 2.45) is 0 Å². The number of aromatic hydroxyl groups is 1. The maximum absolute atomic E-state index is 9.65. The van der Waals surface area contributed by atoms with Gasteiger partial charge in [0.25, 0.3) is 0 Å². The van der Waals surface area contributed by atoms with Crippen molar-refractivity contribution in [2.45, 2.75) is 19.4 Å². The molecule has 2 N–H and O–H groups in total. The van der Waals surface area contributed by atoms with Gasteiger partial charge in [0.05, 0.1) is 7.11 Å². The predicted molar refractivity (Wildman–Crippen MR) is 86.6 cm³/mol. The largest absolute Gasteiger partial charge is 0.504 e. The van der Waals surface area contributed by atoms with Gasteiger partial charge in [0.15, 0.2) is 11.5 Å². The van der Waals surface area contributed by atoms with Gasteiger partial charge in [-0.05, 0) is 24.1 Å². The van der Waals surface area contributed by atoms with Crippen LogP contribution in [0.2, 0.25) is 0 Å². The number of hydrogen-bond acceptors (Lipinski definition) is 4. The van der Waals surface area contributed by atoms with E-state index in [0.717, 1.165) is 32.6 Å². The topological polar surface area (TPSA) is 44.7 Å². The third-order valence-corrected chi connectivity index (χ3v) is 3.57. The Morgan fingerprint density at radius 2 is 1.95 bits per heavy atom. The second kappa shape index (κ2) is 9.29. The lowest BCUT2D eigenvalue weighted by Gasteiger charge is -2.34. The quantitative estimate of drug-likeness (QED) is 0.894. The first-order valence-electron chi connectivity index (χ1n) is 6.58. The van der Waals surface area contributed by atoms with Gasteiger partial charge in [-0.2, -0.15) is 0 Å². The van der Waals surface area contributed by atoms with Gasteiger partial charge in [0.2, 0.25) is 0 Å². The molecule has 116 valence electrons. The number of nitrogens with one attached hydrogen (secondary N) is 1. The van der Waals surface area contributed by atoms with E-state index in [4.69, 9.17) is 4.74 Å². The number of halogens is 2. The highest BCUT2D eigenvalue weighted by molar-refractivity contribution is 5.85. The normalized spacial score (nSPS) is 16.7. The molecule has 1 aromatic rings. The minimum Gasteiger partial charge on any atom is -0.504 e. The highest BCUT2D eigenvalue weighted by atomic mass is 35.5. The number of phenolic OH excluding ortho intramolecular Hbond substituents is 1. The highest BCUT2D eigenvalue weighted by Crippen LogP contribution is 2.32. The number of piperazine rings is 1. The van der Waals surface area contributed by atoms with Crippen molar-refractivity contribution in [2.75, 3.05) is 33.3 Å². The summed E-state index contributed by atoms with van der Waals surface area (Å²) in [5, 5.41) is 13.0. The van der Waals surface area contributed by atoms with Crippen molar-refractivity contribution in [1.29, 1.82) is 0 Å². The number of methoxy groups -OCH3 is 1. The number of nitrogens with zero attached hydrogens (tertiary/aromatic N) is 1. The van der Waals surface area contributed by atoms with Crippen LogP contribution in [0.15, 0.2) is 18.2 Å². The molecule has 1 aliphatic rings. The second-order valence-electron chi connectivity index (χ2n) is 4.64. The molecule has 1 saturated heterocycles. The second-order valence-corrected chi connectivity index (χ2v) is 4.64. The van der Waals surface area contributed by atoms with Gasteiger partial charge in [-0.3, -0.25) is 4.90 Å². The third-order valence-electron chi connectivity index (χ3n) is 3.57. The number of rotatable bonds is 4. The molecule has 1 aliphatic heterocycles. The van der Waals surface area contributed by atoms with E-state index in [0.29, 0.717) is 11.8 Å². The molecular formula is C14H24Cl2N2O2. The Kier molecular flexibility index (Phi) is 8.98. The van der Waals surface area contributed by atoms with E-state index in [1.54, 1.807) is 13.2 Å². The van der Waals surface area contributed by atoms with Crippen LogP contribution in [0.4, 0.5) is 0 Å². The summed E-state index contributed by atoms with van der Waals surface area (Å²) >= 11 is 0. The van der Waals surface area contributed by atoms with Crippen molar-refractivity contribution >= 4 is 24.8 Å². The number of ether oxygens (including phenoxy) is 1. The summed E-state index contributed by atoms with van der Waals surface area (Å²) < 4.78 is 5.19. The smallest absolute Gasteiger partial charge is 0.160 e. The van der Waals surface area contributed by atoms with Crippen LogP contribution in [0.25, 0.3) is 0 Å². The molecule has 0 radical (unpaired) electrons. The van der Waals surface area contributed by atoms with Crippen LogP contribution >= 0.6 is 24.8 Å². The van der Waals surface area contributed by atoms with Gasteiger partial charge in [-0.15, -0.1) is 24.8 Å². The van der Waals surface area contributed by atoms with Gasteiger partial charge < -0.3 is 15.2 Å². The summed E-state index contributed by atoms with van der Waals surface area (Å²) in [5.41, 5.74) is 1.22. The molecule has 0 aromatic heterocycles. The van der Waals surface area contributed by atoms with Gasteiger partial charge in [-0.25, -0.2) is 0 Å². The first-order valence-corrected chi connectivity index (χ1v) is 6.58. The van der Waals surface area contributed by atoms with E-state index in [2.05, 4.69) is 17.1 Å². The maximum Gasteiger partial charge on any atom is 0.160 e. The molecule has 0 saturated carbocycles. The van der Waals surface area contributed by atoms with E-state index >= 15 is 0 Å². The van der Waals surface area contributed by atoms with Gasteiger partial charge >= 0.3 is 0 Å². The van der Waals surface area contributed by atoms with Crippen LogP contribution in [0.3, 0.4) is 0 Å². The molecule has 0 amide bonds. The molecule has 6 heteroatoms. The Hall–Kier alpha value is -0.680. The van der Waals surface area contributed by atoms with Crippen molar-refractivity contribution in [3.63, 3.8) is 0 Å². The van der Waals surface area contributed by atoms with Crippen molar-refractivity contribution in [3.05, 3.63) is 23.8 Å². The minimum absolute atomic E-state index is 0. The number of phenols is 1. The van der Waals surface area contributed by atoms with Crippen molar-refractivity contribution in [1.82, 2.24) is 10.2 Å². The molecule has 2 rings (SSSR count). The molecule has 20 heavy (non-hydrogen) atoms. The summed E-state index contributed by atoms with van der Waals surface area (Å²) in [5.74, 6) is 0.762. The van der Waals surface area contributed by atoms with E-state index in [9.17, 15) is 5.11 Å². The maximum atomic E-state index is 9.65. The molecule has 4 nitrogen and oxygen atoms in total. The standard InChI is InChI=1S/C14H22N2O2.2ClH/c1-3-12(16-8-6-15-7-9-16)11-4-5-13(17)14(10-11)18-2;;/h4-5,10,12,15,17H,3,6-9H2,1-2H3;2*1H/t12-;;/m0../s1. The van der Waals surface area contributed by atoms with Crippen LogP contribution in [0, 0.1) is 0 Å². The Morgan fingerprint density at radius 3 is 2.50 bits per heavy atom. The van der Waals surface area contributed by atoms with Crippen LogP contribution in [-0.4, -0.2) is 43.3 Å². The summed E-state index contributed by atoms with van der Waals surface area (Å²) in [6.45, 7) is 6.44. The molecule has 0 aliphatic carbocycles. The zero-order chi connectivity index (χ0) is 13.0. The average Bonchev–Trinajstić information content (AvgIpc) is 2.42. The number of benzene rings is 1. The molecule has 0 unspecified atom stereocenters. The molecule has 1 heterocycles. The highest BCUT2D eigenvalue weighted by Gasteiger charge is 2.21. The molecule has 0 spiro atoms. The zero-order valence-electron chi connectivity index (χ0n) is 12.0. The Balaban J connectivity index is 0.00000180. The molecule has 1 atom stereocenters. The molecule has 1 aromatic carbocycles. The van der Waals surface area contributed by atoms with E-state index in [-0.39, 0.29) is 30.6 Å². The van der Waals surface area contributed by atoms with Gasteiger partial charge in [0.1, 0.15) is 0 Å². The van der Waals surface area contributed by atoms with Crippen LogP contribution in [0.5, 0.6) is 11.5 Å². The zero-order valence-corrected chi connectivity index (χ0v) is 13.6. The van der Waals surface area contributed by atoms with E-state index in [1.165, 1.54) is 5.56 Å². The lowest BCUT2D eigenvalue weighted by molar-refractivity contribution is 0.169. The fraction of sp³-hybridized carbons (Fsp3) is 0.571. The molecular weight excluding hydrogens is 299 g/mol. The SMILES string of the molecule is CC[C@@H](c1ccc(O)c(OC)c1)N1CCNCC1.Cl.Cl. The first-order chi connectivity index (χ1) is 8.76. The van der Waals surface area contributed by atoms with Crippen LogP contribution in [-0.2, 0) is 0 Å². The van der Waals surface area contributed by atoms with Crippen LogP contribution < -0.4 is 10.1 Å². The Labute approximate surface area is 133 Å². The molecule has 0 bridgehead atoms. The summed E-state index contributed by atoms with van der Waals surface area (Å²) in [7, 11) is 1.59. The lowest BCUT2D eigenvalue weighted by atomic mass is 10.0. The fourth-order valence-corrected chi connectivity index (χ4v) is 2.60. The first kappa shape index (κ1) is 19.3. The minimum atomic E-state index is 0. The fourth-order valence-electron chi connectivity index (χ4n) is 2.60. The third kappa shape index (κ3) is 4.42. The van der Waals surface area contributed by atoms with Gasteiger partial charge in [-0.1, -0.05) is 13.0 Å². The van der Waals surface area contributed by atoms with Crippen molar-refractivity contribution in [3.8, 4) is 11.5 Å². The molecule has 1 fully saturated rings. The van der Waals surface area contributed by atoms with Crippen LogP contribution in [0.1, 0.15) is 24.9 Å². The van der Waals surface area contributed by atoms with Gasteiger partial charge in [0, 0.05) is 32.2 Å². The summed E-state index contributed by atoms with van der Waals surface area (Å²) in [6, 6.07) is 6.07. The van der Waals surface area contributed by atoms with Crippen molar-refractivity contribution < 1.29 is 9.84 Å². The Bertz CT molecular complexity index is 399. The summed E-state index contributed by atoms with van der Waals surface area (Å²) in [6.07, 6.45) is 1.06. The summed E-state index contributed by atoms with van der Waals surface area (Å²) in [4.78, 5) is 2.49.